The number of para-hydroxylation sites is 1. The number of fused-ring (bicyclic) bond motifs is 1. The van der Waals surface area contributed by atoms with E-state index in [-0.39, 0.29) is 5.95 Å². The normalized spacial score (nSPS) is 13.6. The average molecular weight is 233 g/mol. The predicted molar refractivity (Wildman–Crippen MR) is 61.0 cm³/mol. The topological polar surface area (TPSA) is 101 Å². The Hall–Kier alpha value is -2.44. The van der Waals surface area contributed by atoms with Crippen LogP contribution in [-0.4, -0.2) is 28.1 Å². The van der Waals surface area contributed by atoms with Crippen LogP contribution in [0.15, 0.2) is 18.2 Å². The minimum atomic E-state index is 0.148. The molecular formula is C10H11N5O2. The molecule has 0 saturated heterocycles. The van der Waals surface area contributed by atoms with Crippen molar-refractivity contribution >= 4 is 5.95 Å². The first-order chi connectivity index (χ1) is 8.27. The van der Waals surface area contributed by atoms with E-state index in [1.54, 1.807) is 0 Å². The van der Waals surface area contributed by atoms with Gasteiger partial charge >= 0.3 is 0 Å². The molecule has 7 heteroatoms. The van der Waals surface area contributed by atoms with Crippen molar-refractivity contribution in [1.82, 2.24) is 14.9 Å². The Kier molecular flexibility index (Phi) is 2.04. The van der Waals surface area contributed by atoms with Gasteiger partial charge in [0.05, 0.1) is 5.56 Å². The van der Waals surface area contributed by atoms with Gasteiger partial charge in [0, 0.05) is 0 Å². The molecule has 0 unspecified atom stereocenters. The van der Waals surface area contributed by atoms with Gasteiger partial charge in [0.15, 0.2) is 17.3 Å². The molecule has 88 valence electrons. The van der Waals surface area contributed by atoms with Gasteiger partial charge < -0.3 is 21.1 Å². The maximum atomic E-state index is 5.74. The number of rotatable bonds is 1. The van der Waals surface area contributed by atoms with Crippen molar-refractivity contribution in [3.8, 4) is 22.9 Å². The fraction of sp³-hybridized carbons (Fsp3) is 0.200. The monoisotopic (exact) mass is 233 g/mol. The number of nitrogens with zero attached hydrogens (tertiary/aromatic N) is 3. The fourth-order valence-electron chi connectivity index (χ4n) is 1.74. The first kappa shape index (κ1) is 9.76. The van der Waals surface area contributed by atoms with Crippen molar-refractivity contribution in [2.75, 3.05) is 24.8 Å². The van der Waals surface area contributed by atoms with E-state index >= 15 is 0 Å². The van der Waals surface area contributed by atoms with Gasteiger partial charge in [0.25, 0.3) is 0 Å². The lowest BCUT2D eigenvalue weighted by molar-refractivity contribution is 0.172. The molecule has 2 heterocycles. The Morgan fingerprint density at radius 1 is 1.18 bits per heavy atom. The summed E-state index contributed by atoms with van der Waals surface area (Å²) in [6.07, 6.45) is 0. The Bertz CT molecular complexity index is 566. The Morgan fingerprint density at radius 3 is 2.76 bits per heavy atom. The summed E-state index contributed by atoms with van der Waals surface area (Å²) in [6.45, 7) is 1.03. The zero-order valence-corrected chi connectivity index (χ0v) is 8.96. The van der Waals surface area contributed by atoms with Crippen LogP contribution in [0.3, 0.4) is 0 Å². The second-order valence-electron chi connectivity index (χ2n) is 3.58. The molecule has 1 aromatic carbocycles. The van der Waals surface area contributed by atoms with E-state index in [0.717, 1.165) is 0 Å². The van der Waals surface area contributed by atoms with Gasteiger partial charge in [-0.15, -0.1) is 10.2 Å². The second-order valence-corrected chi connectivity index (χ2v) is 3.58. The molecule has 1 aliphatic rings. The lowest BCUT2D eigenvalue weighted by atomic mass is 10.1. The lowest BCUT2D eigenvalue weighted by Gasteiger charge is -2.20. The van der Waals surface area contributed by atoms with E-state index < -0.39 is 0 Å². The van der Waals surface area contributed by atoms with E-state index in [4.69, 9.17) is 21.1 Å². The SMILES string of the molecule is Nc1nnc(-c2cccc3c2OCCO3)n1N. The third-order valence-electron chi connectivity index (χ3n) is 2.53. The molecule has 3 rings (SSSR count). The summed E-state index contributed by atoms with van der Waals surface area (Å²) in [6, 6.07) is 5.51. The van der Waals surface area contributed by atoms with Crippen LogP contribution >= 0.6 is 0 Å². The van der Waals surface area contributed by atoms with Gasteiger partial charge in [-0.25, -0.2) is 4.68 Å². The van der Waals surface area contributed by atoms with Gasteiger partial charge in [0.2, 0.25) is 5.95 Å². The maximum absolute atomic E-state index is 5.74. The molecular weight excluding hydrogens is 222 g/mol. The number of anilines is 1. The number of nitrogen functional groups attached to an aromatic ring is 2. The van der Waals surface area contributed by atoms with Crippen molar-refractivity contribution in [2.45, 2.75) is 0 Å². The summed E-state index contributed by atoms with van der Waals surface area (Å²) in [5.74, 6) is 7.63. The highest BCUT2D eigenvalue weighted by Crippen LogP contribution is 2.38. The standard InChI is InChI=1S/C10H11N5O2/c11-10-14-13-9(15(10)12)6-2-1-3-7-8(6)17-5-4-16-7/h1-3H,4-5,12H2,(H2,11,14). The molecule has 1 aliphatic heterocycles. The molecule has 0 saturated carbocycles. The third-order valence-corrected chi connectivity index (χ3v) is 2.53. The molecule has 0 fully saturated rings. The molecule has 0 amide bonds. The largest absolute Gasteiger partial charge is 0.486 e. The molecule has 0 bridgehead atoms. The predicted octanol–water partition coefficient (Wildman–Crippen LogP) is 0.0123. The van der Waals surface area contributed by atoms with Gasteiger partial charge in [0.1, 0.15) is 13.2 Å². The van der Waals surface area contributed by atoms with Crippen molar-refractivity contribution in [1.29, 1.82) is 0 Å². The zero-order valence-electron chi connectivity index (χ0n) is 8.96. The van der Waals surface area contributed by atoms with Crippen LogP contribution < -0.4 is 21.1 Å². The Balaban J connectivity index is 2.18. The quantitative estimate of drug-likeness (QED) is 0.673. The molecule has 0 radical (unpaired) electrons. The van der Waals surface area contributed by atoms with Crippen molar-refractivity contribution in [2.24, 2.45) is 0 Å². The number of aromatic nitrogens is 3. The molecule has 17 heavy (non-hydrogen) atoms. The van der Waals surface area contributed by atoms with E-state index in [0.29, 0.717) is 36.1 Å². The van der Waals surface area contributed by atoms with Crippen LogP contribution in [0, 0.1) is 0 Å². The lowest BCUT2D eigenvalue weighted by Crippen LogP contribution is -2.17. The van der Waals surface area contributed by atoms with Crippen molar-refractivity contribution < 1.29 is 9.47 Å². The van der Waals surface area contributed by atoms with Gasteiger partial charge in [-0.3, -0.25) is 0 Å². The number of hydrogen-bond acceptors (Lipinski definition) is 6. The van der Waals surface area contributed by atoms with Gasteiger partial charge in [-0.05, 0) is 12.1 Å². The second kappa shape index (κ2) is 3.55. The van der Waals surface area contributed by atoms with Gasteiger partial charge in [-0.2, -0.15) is 0 Å². The van der Waals surface area contributed by atoms with Crippen LogP contribution in [0.2, 0.25) is 0 Å². The summed E-state index contributed by atoms with van der Waals surface area (Å²) >= 11 is 0. The van der Waals surface area contributed by atoms with E-state index in [9.17, 15) is 0 Å². The smallest absolute Gasteiger partial charge is 0.241 e. The van der Waals surface area contributed by atoms with Crippen LogP contribution in [0.5, 0.6) is 11.5 Å². The molecule has 7 nitrogen and oxygen atoms in total. The molecule has 0 spiro atoms. The Morgan fingerprint density at radius 2 is 2.00 bits per heavy atom. The first-order valence-corrected chi connectivity index (χ1v) is 5.12. The van der Waals surface area contributed by atoms with E-state index in [1.165, 1.54) is 4.68 Å². The van der Waals surface area contributed by atoms with Crippen molar-refractivity contribution in [3.63, 3.8) is 0 Å². The molecule has 1 aromatic heterocycles. The summed E-state index contributed by atoms with van der Waals surface area (Å²) in [5, 5.41) is 7.63. The maximum Gasteiger partial charge on any atom is 0.241 e. The molecule has 0 aliphatic carbocycles. The number of hydrogen-bond donors (Lipinski definition) is 2. The minimum Gasteiger partial charge on any atom is -0.486 e. The molecule has 4 N–H and O–H groups in total. The van der Waals surface area contributed by atoms with E-state index in [1.807, 2.05) is 18.2 Å². The summed E-state index contributed by atoms with van der Waals surface area (Å²) in [4.78, 5) is 0. The highest BCUT2D eigenvalue weighted by Gasteiger charge is 2.20. The highest BCUT2D eigenvalue weighted by atomic mass is 16.6. The molecule has 2 aromatic rings. The number of ether oxygens (including phenoxy) is 2. The van der Waals surface area contributed by atoms with Crippen LogP contribution in [-0.2, 0) is 0 Å². The number of benzene rings is 1. The summed E-state index contributed by atoms with van der Waals surface area (Å²) in [7, 11) is 0. The number of nitrogens with two attached hydrogens (primary N) is 2. The average Bonchev–Trinajstić information content (AvgIpc) is 2.69. The van der Waals surface area contributed by atoms with Crippen LogP contribution in [0.25, 0.3) is 11.4 Å². The van der Waals surface area contributed by atoms with Gasteiger partial charge in [-0.1, -0.05) is 6.07 Å². The summed E-state index contributed by atoms with van der Waals surface area (Å²) in [5.41, 5.74) is 6.26. The Labute approximate surface area is 96.9 Å². The van der Waals surface area contributed by atoms with Crippen LogP contribution in [0.1, 0.15) is 0 Å². The van der Waals surface area contributed by atoms with E-state index in [2.05, 4.69) is 10.2 Å². The highest BCUT2D eigenvalue weighted by molar-refractivity contribution is 5.70. The zero-order chi connectivity index (χ0) is 11.8. The van der Waals surface area contributed by atoms with Crippen molar-refractivity contribution in [3.05, 3.63) is 18.2 Å². The fourth-order valence-corrected chi connectivity index (χ4v) is 1.74. The first-order valence-electron chi connectivity index (χ1n) is 5.12. The summed E-state index contributed by atoms with van der Waals surface area (Å²) < 4.78 is 12.3. The third kappa shape index (κ3) is 1.43. The minimum absolute atomic E-state index is 0.148. The van der Waals surface area contributed by atoms with Crippen LogP contribution in [0.4, 0.5) is 5.95 Å². The molecule has 0 atom stereocenters.